The number of amides is 1. The first-order valence-corrected chi connectivity index (χ1v) is 14.9. The molecule has 0 saturated carbocycles. The zero-order valence-corrected chi connectivity index (χ0v) is 27.4. The lowest BCUT2D eigenvalue weighted by Crippen LogP contribution is -2.41. The molecule has 0 fully saturated rings. The molecule has 4 aromatic rings. The van der Waals surface area contributed by atoms with Crippen LogP contribution in [0.4, 0.5) is 0 Å². The number of pyridine rings is 2. The van der Waals surface area contributed by atoms with Gasteiger partial charge in [0.1, 0.15) is 5.56 Å². The van der Waals surface area contributed by atoms with Gasteiger partial charge in [-0.05, 0) is 53.7 Å². The molecule has 2 aromatic carbocycles. The minimum absolute atomic E-state index is 0. The second-order valence-corrected chi connectivity index (χ2v) is 12.9. The first kappa shape index (κ1) is 32.7. The summed E-state index contributed by atoms with van der Waals surface area (Å²) in [6.45, 7) is 12.5. The highest BCUT2D eigenvalue weighted by Gasteiger charge is 2.37. The van der Waals surface area contributed by atoms with Gasteiger partial charge in [-0.2, -0.15) is 0 Å². The van der Waals surface area contributed by atoms with Gasteiger partial charge >= 0.3 is 5.97 Å². The number of alkyl halides is 1. The fourth-order valence-electron chi connectivity index (χ4n) is 4.08. The van der Waals surface area contributed by atoms with E-state index in [0.29, 0.717) is 38.7 Å². The SMILES string of the molecule is CC(C)(C)N.CC(C)(C)N1Cc2nc3ccccc3c(Cl)c2C1=O.COC(=O)c1c(CBr)nc2ccccc2c1Cl. The Kier molecular flexibility index (Phi) is 10.4. The van der Waals surface area contributed by atoms with Gasteiger partial charge in [-0.1, -0.05) is 75.5 Å². The van der Waals surface area contributed by atoms with Gasteiger partial charge in [0, 0.05) is 27.2 Å². The Labute approximate surface area is 259 Å². The fourth-order valence-corrected chi connectivity index (χ4v) is 5.18. The second kappa shape index (κ2) is 13.0. The maximum atomic E-state index is 12.5. The lowest BCUT2D eigenvalue weighted by Gasteiger charge is -2.31. The molecule has 0 unspecified atom stereocenters. The number of benzene rings is 2. The highest BCUT2D eigenvalue weighted by atomic mass is 79.9. The van der Waals surface area contributed by atoms with E-state index in [1.807, 2.05) is 95.0 Å². The van der Waals surface area contributed by atoms with Crippen LogP contribution < -0.4 is 5.73 Å². The molecular formula is C31H35BrCl2N4O3. The number of hydrogen-bond acceptors (Lipinski definition) is 6. The normalized spacial score (nSPS) is 12.9. The molecule has 0 spiro atoms. The average molecular weight is 662 g/mol. The molecule has 5 rings (SSSR count). The van der Waals surface area contributed by atoms with Crippen molar-refractivity contribution in [3.63, 3.8) is 0 Å². The summed E-state index contributed by atoms with van der Waals surface area (Å²) in [6, 6.07) is 15.1. The van der Waals surface area contributed by atoms with Crippen LogP contribution in [0, 0.1) is 0 Å². The Balaban J connectivity index is 0.000000195. The van der Waals surface area contributed by atoms with Crippen LogP contribution in [0.2, 0.25) is 10.0 Å². The zero-order chi connectivity index (χ0) is 30.7. The third-order valence-corrected chi connectivity index (χ3v) is 7.22. The maximum absolute atomic E-state index is 12.5. The van der Waals surface area contributed by atoms with Gasteiger partial charge in [0.2, 0.25) is 0 Å². The van der Waals surface area contributed by atoms with Gasteiger partial charge in [-0.25, -0.2) is 9.78 Å². The Morgan fingerprint density at radius 2 is 1.44 bits per heavy atom. The van der Waals surface area contributed by atoms with E-state index in [2.05, 4.69) is 25.9 Å². The standard InChI is InChI=1S/C15H15ClN2O.C12H9BrClNO2.C4H11N/c1-15(2,3)18-8-11-12(14(18)19)13(16)9-6-4-5-7-10(9)17-11;1-17-12(16)10-9(6-13)15-8-5-3-2-4-7(8)11(10)14;1-4(2,3)5/h4-7H,8H2,1-3H3;2-5H,6H2,1H3;5H2,1-3H3. The van der Waals surface area contributed by atoms with Gasteiger partial charge in [0.05, 0.1) is 51.7 Å². The number of halogens is 3. The van der Waals surface area contributed by atoms with Crippen molar-refractivity contribution in [2.45, 2.75) is 64.5 Å². The Bertz CT molecular complexity index is 1590. The number of para-hydroxylation sites is 2. The van der Waals surface area contributed by atoms with E-state index in [1.54, 1.807) is 0 Å². The maximum Gasteiger partial charge on any atom is 0.341 e. The molecule has 0 saturated heterocycles. The number of esters is 1. The summed E-state index contributed by atoms with van der Waals surface area (Å²) in [5, 5.41) is 2.95. The molecule has 0 atom stereocenters. The topological polar surface area (TPSA) is 98.4 Å². The van der Waals surface area contributed by atoms with E-state index in [0.717, 1.165) is 27.5 Å². The summed E-state index contributed by atoms with van der Waals surface area (Å²) in [5.74, 6) is -0.492. The lowest BCUT2D eigenvalue weighted by molar-refractivity contribution is 0.0594. The number of hydrogen-bond donors (Lipinski definition) is 1. The molecule has 1 amide bonds. The van der Waals surface area contributed by atoms with Crippen molar-refractivity contribution >= 4 is 72.8 Å². The number of aromatic nitrogens is 2. The highest BCUT2D eigenvalue weighted by molar-refractivity contribution is 9.08. The number of carbonyl (C=O) groups excluding carboxylic acids is 2. The van der Waals surface area contributed by atoms with Crippen LogP contribution >= 0.6 is 39.1 Å². The smallest absolute Gasteiger partial charge is 0.341 e. The number of nitrogens with two attached hydrogens (primary N) is 1. The van der Waals surface area contributed by atoms with Crippen LogP contribution in [0.3, 0.4) is 0 Å². The lowest BCUT2D eigenvalue weighted by atomic mass is 10.1. The van der Waals surface area contributed by atoms with Crippen LogP contribution in [0.1, 0.15) is 73.6 Å². The number of ether oxygens (including phenoxy) is 1. The van der Waals surface area contributed by atoms with E-state index < -0.39 is 5.97 Å². The number of rotatable bonds is 2. The van der Waals surface area contributed by atoms with Crippen LogP contribution in [0.25, 0.3) is 21.8 Å². The van der Waals surface area contributed by atoms with Crippen molar-refractivity contribution < 1.29 is 14.3 Å². The Hall–Kier alpha value is -2.78. The van der Waals surface area contributed by atoms with E-state index in [4.69, 9.17) is 33.7 Å². The van der Waals surface area contributed by atoms with Gasteiger partial charge in [-0.3, -0.25) is 9.78 Å². The Morgan fingerprint density at radius 3 is 1.93 bits per heavy atom. The summed E-state index contributed by atoms with van der Waals surface area (Å²) in [7, 11) is 1.33. The summed E-state index contributed by atoms with van der Waals surface area (Å²) >= 11 is 15.9. The van der Waals surface area contributed by atoms with E-state index in [9.17, 15) is 9.59 Å². The molecule has 7 nitrogen and oxygen atoms in total. The number of nitrogens with zero attached hydrogens (tertiary/aromatic N) is 3. The summed E-state index contributed by atoms with van der Waals surface area (Å²) in [5.41, 5.74) is 8.99. The van der Waals surface area contributed by atoms with E-state index >= 15 is 0 Å². The van der Waals surface area contributed by atoms with Crippen molar-refractivity contribution in [1.29, 1.82) is 0 Å². The van der Waals surface area contributed by atoms with Crippen molar-refractivity contribution in [3.05, 3.63) is 81.1 Å². The largest absolute Gasteiger partial charge is 0.465 e. The highest BCUT2D eigenvalue weighted by Crippen LogP contribution is 2.36. The van der Waals surface area contributed by atoms with Gasteiger partial charge in [0.25, 0.3) is 5.91 Å². The third-order valence-electron chi connectivity index (χ3n) is 5.90. The summed E-state index contributed by atoms with van der Waals surface area (Å²) in [4.78, 5) is 35.0. The van der Waals surface area contributed by atoms with E-state index in [-0.39, 0.29) is 17.0 Å². The number of carbonyl (C=O) groups is 2. The van der Waals surface area contributed by atoms with Gasteiger partial charge in [0.15, 0.2) is 0 Å². The number of fused-ring (bicyclic) bond motifs is 3. The molecule has 41 heavy (non-hydrogen) atoms. The summed E-state index contributed by atoms with van der Waals surface area (Å²) in [6.07, 6.45) is 0. The molecule has 0 bridgehead atoms. The molecule has 1 aliphatic heterocycles. The zero-order valence-electron chi connectivity index (χ0n) is 24.3. The minimum atomic E-state index is -0.470. The molecule has 1 aliphatic rings. The number of methoxy groups -OCH3 is 1. The molecule has 0 radical (unpaired) electrons. The Morgan fingerprint density at radius 1 is 0.951 bits per heavy atom. The predicted molar refractivity (Wildman–Crippen MR) is 171 cm³/mol. The molecular weight excluding hydrogens is 627 g/mol. The molecule has 3 heterocycles. The van der Waals surface area contributed by atoms with Crippen molar-refractivity contribution in [3.8, 4) is 0 Å². The first-order chi connectivity index (χ1) is 19.1. The van der Waals surface area contributed by atoms with Crippen LogP contribution in [0.5, 0.6) is 0 Å². The average Bonchev–Trinajstić information content (AvgIpc) is 3.24. The third kappa shape index (κ3) is 7.74. The first-order valence-electron chi connectivity index (χ1n) is 13.0. The quantitative estimate of drug-likeness (QED) is 0.173. The van der Waals surface area contributed by atoms with Crippen molar-refractivity contribution in [1.82, 2.24) is 14.9 Å². The predicted octanol–water partition coefficient (Wildman–Crippen LogP) is 7.96. The van der Waals surface area contributed by atoms with Gasteiger partial charge in [-0.15, -0.1) is 0 Å². The summed E-state index contributed by atoms with van der Waals surface area (Å²) < 4.78 is 4.72. The second-order valence-electron chi connectivity index (χ2n) is 11.6. The fraction of sp³-hybridized carbons (Fsp3) is 0.355. The molecule has 0 aliphatic carbocycles. The molecule has 2 N–H and O–H groups in total. The minimum Gasteiger partial charge on any atom is -0.465 e. The van der Waals surface area contributed by atoms with Crippen molar-refractivity contribution in [2.24, 2.45) is 5.73 Å². The molecule has 10 heteroatoms. The van der Waals surface area contributed by atoms with Crippen LogP contribution in [-0.4, -0.2) is 44.9 Å². The molecule has 2 aromatic heterocycles. The van der Waals surface area contributed by atoms with Crippen LogP contribution in [-0.2, 0) is 16.6 Å². The van der Waals surface area contributed by atoms with Gasteiger partial charge < -0.3 is 15.4 Å². The van der Waals surface area contributed by atoms with Crippen LogP contribution in [0.15, 0.2) is 48.5 Å². The molecule has 218 valence electrons. The monoisotopic (exact) mass is 660 g/mol. The van der Waals surface area contributed by atoms with E-state index in [1.165, 1.54) is 7.11 Å². The van der Waals surface area contributed by atoms with Crippen molar-refractivity contribution in [2.75, 3.05) is 7.11 Å².